The maximum absolute atomic E-state index is 12.4. The van der Waals surface area contributed by atoms with Gasteiger partial charge in [0.1, 0.15) is 0 Å². The van der Waals surface area contributed by atoms with Gasteiger partial charge >= 0.3 is 5.97 Å². The van der Waals surface area contributed by atoms with Gasteiger partial charge in [-0.2, -0.15) is 0 Å². The van der Waals surface area contributed by atoms with E-state index >= 15 is 0 Å². The third-order valence-corrected chi connectivity index (χ3v) is 3.93. The summed E-state index contributed by atoms with van der Waals surface area (Å²) in [7, 11) is 0. The number of nitrogens with zero attached hydrogens (tertiary/aromatic N) is 1. The van der Waals surface area contributed by atoms with Crippen molar-refractivity contribution in [3.05, 3.63) is 65.0 Å². The van der Waals surface area contributed by atoms with Crippen molar-refractivity contribution in [3.8, 4) is 0 Å². The molecule has 0 spiro atoms. The minimum absolute atomic E-state index is 0.174. The molecule has 1 aromatic heterocycles. The number of hydrogen-bond donors (Lipinski definition) is 0. The summed E-state index contributed by atoms with van der Waals surface area (Å²) < 4.78 is 5.24. The maximum Gasteiger partial charge on any atom is 0.340 e. The van der Waals surface area contributed by atoms with Gasteiger partial charge in [0.05, 0.1) is 5.56 Å². The summed E-state index contributed by atoms with van der Waals surface area (Å²) in [5.41, 5.74) is 3.50. The van der Waals surface area contributed by atoms with E-state index in [-0.39, 0.29) is 5.78 Å². The highest BCUT2D eigenvalue weighted by Crippen LogP contribution is 2.23. The van der Waals surface area contributed by atoms with E-state index in [9.17, 15) is 9.59 Å². The fraction of sp³-hybridized carbons (Fsp3) is 0.278. The van der Waals surface area contributed by atoms with Crippen LogP contribution in [-0.2, 0) is 17.6 Å². The average molecular weight is 295 g/mol. The van der Waals surface area contributed by atoms with Gasteiger partial charge in [0.25, 0.3) is 0 Å². The first-order chi connectivity index (χ1) is 10.6. The second-order valence-corrected chi connectivity index (χ2v) is 5.49. The van der Waals surface area contributed by atoms with Crippen LogP contribution in [0, 0.1) is 0 Å². The predicted molar refractivity (Wildman–Crippen MR) is 81.9 cm³/mol. The van der Waals surface area contributed by atoms with Crippen molar-refractivity contribution >= 4 is 11.8 Å². The van der Waals surface area contributed by atoms with E-state index in [2.05, 4.69) is 4.98 Å². The predicted octanol–water partition coefficient (Wildman–Crippen LogP) is 3.00. The molecule has 0 unspecified atom stereocenters. The van der Waals surface area contributed by atoms with Crippen molar-refractivity contribution in [2.75, 3.05) is 0 Å². The molecule has 0 amide bonds. The van der Waals surface area contributed by atoms with Crippen molar-refractivity contribution < 1.29 is 14.3 Å². The Hall–Kier alpha value is -2.49. The van der Waals surface area contributed by atoms with E-state index in [1.807, 2.05) is 18.2 Å². The van der Waals surface area contributed by atoms with Gasteiger partial charge in [-0.15, -0.1) is 0 Å². The number of rotatable bonds is 4. The molecule has 0 N–H and O–H groups in total. The molecule has 1 heterocycles. The van der Waals surface area contributed by atoms with Crippen molar-refractivity contribution in [2.24, 2.45) is 0 Å². The zero-order chi connectivity index (χ0) is 15.5. The van der Waals surface area contributed by atoms with Gasteiger partial charge in [-0.1, -0.05) is 12.1 Å². The lowest BCUT2D eigenvalue weighted by atomic mass is 10.0. The summed E-state index contributed by atoms with van der Waals surface area (Å²) in [6.07, 6.45) is 5.42. The highest BCUT2D eigenvalue weighted by molar-refractivity contribution is 6.01. The fourth-order valence-electron chi connectivity index (χ4n) is 2.73. The number of hydrogen-bond acceptors (Lipinski definition) is 4. The SMILES string of the molecule is C[C@@H](OC(=O)c1cccnc1)C(=O)c1ccc2c(c1)CCC2. The van der Waals surface area contributed by atoms with Gasteiger partial charge in [-0.25, -0.2) is 4.79 Å². The zero-order valence-electron chi connectivity index (χ0n) is 12.4. The van der Waals surface area contributed by atoms with Gasteiger partial charge in [-0.05, 0) is 55.5 Å². The molecule has 1 atom stereocenters. The Bertz CT molecular complexity index is 710. The number of Topliss-reactive ketones (excluding diaryl/α,β-unsaturated/α-hetero) is 1. The Balaban J connectivity index is 1.71. The number of pyridine rings is 1. The van der Waals surface area contributed by atoms with Crippen LogP contribution in [0.1, 0.15) is 45.2 Å². The largest absolute Gasteiger partial charge is 0.451 e. The van der Waals surface area contributed by atoms with E-state index in [4.69, 9.17) is 4.74 Å². The van der Waals surface area contributed by atoms with Crippen LogP contribution < -0.4 is 0 Å². The Morgan fingerprint density at radius 1 is 1.14 bits per heavy atom. The van der Waals surface area contributed by atoms with Crippen molar-refractivity contribution in [1.82, 2.24) is 4.98 Å². The lowest BCUT2D eigenvalue weighted by Crippen LogP contribution is -2.24. The van der Waals surface area contributed by atoms with Crippen LogP contribution >= 0.6 is 0 Å². The van der Waals surface area contributed by atoms with Crippen LogP contribution in [0.4, 0.5) is 0 Å². The fourth-order valence-corrected chi connectivity index (χ4v) is 2.73. The molecular formula is C18H17NO3. The number of ketones is 1. The van der Waals surface area contributed by atoms with Crippen LogP contribution in [0.25, 0.3) is 0 Å². The van der Waals surface area contributed by atoms with E-state index in [0.29, 0.717) is 11.1 Å². The quantitative estimate of drug-likeness (QED) is 0.642. The summed E-state index contributed by atoms with van der Waals surface area (Å²) in [6.45, 7) is 1.60. The number of aromatic nitrogens is 1. The first kappa shape index (κ1) is 14.4. The number of esters is 1. The molecule has 0 radical (unpaired) electrons. The first-order valence-electron chi connectivity index (χ1n) is 7.42. The molecular weight excluding hydrogens is 278 g/mol. The van der Waals surface area contributed by atoms with Crippen LogP contribution in [-0.4, -0.2) is 22.8 Å². The van der Waals surface area contributed by atoms with Crippen molar-refractivity contribution in [2.45, 2.75) is 32.3 Å². The molecule has 1 aliphatic carbocycles. The van der Waals surface area contributed by atoms with Gasteiger partial charge in [0.2, 0.25) is 5.78 Å². The number of carbonyl (C=O) groups excluding carboxylic acids is 2. The number of aryl methyl sites for hydroxylation is 2. The molecule has 0 aliphatic heterocycles. The standard InChI is InChI=1S/C18H17NO3/c1-12(22-18(21)16-6-3-9-19-11-16)17(20)15-8-7-13-4-2-5-14(13)10-15/h3,6-12H,2,4-5H2,1H3/t12-/m1/s1. The van der Waals surface area contributed by atoms with Crippen LogP contribution in [0.5, 0.6) is 0 Å². The second-order valence-electron chi connectivity index (χ2n) is 5.49. The van der Waals surface area contributed by atoms with Gasteiger partial charge in [0.15, 0.2) is 6.10 Å². The summed E-state index contributed by atoms with van der Waals surface area (Å²) in [6, 6.07) is 9.02. The van der Waals surface area contributed by atoms with E-state index in [0.717, 1.165) is 19.3 Å². The molecule has 112 valence electrons. The molecule has 3 rings (SSSR count). The molecule has 22 heavy (non-hydrogen) atoms. The van der Waals surface area contributed by atoms with Gasteiger partial charge < -0.3 is 4.74 Å². The normalized spacial score (nSPS) is 14.2. The Morgan fingerprint density at radius 2 is 1.95 bits per heavy atom. The Kier molecular flexibility index (Phi) is 4.00. The first-order valence-corrected chi connectivity index (χ1v) is 7.42. The minimum atomic E-state index is -0.813. The van der Waals surface area contributed by atoms with E-state index < -0.39 is 12.1 Å². The third kappa shape index (κ3) is 2.91. The Morgan fingerprint density at radius 3 is 2.73 bits per heavy atom. The smallest absolute Gasteiger partial charge is 0.340 e. The van der Waals surface area contributed by atoms with Crippen LogP contribution in [0.15, 0.2) is 42.7 Å². The molecule has 1 aliphatic rings. The average Bonchev–Trinajstić information content (AvgIpc) is 3.02. The molecule has 2 aromatic rings. The van der Waals surface area contributed by atoms with Gasteiger partial charge in [0, 0.05) is 18.0 Å². The lowest BCUT2D eigenvalue weighted by Gasteiger charge is -2.13. The summed E-state index contributed by atoms with van der Waals surface area (Å²) in [4.78, 5) is 28.3. The van der Waals surface area contributed by atoms with E-state index in [1.165, 1.54) is 17.3 Å². The second kappa shape index (κ2) is 6.10. The molecule has 0 bridgehead atoms. The number of benzene rings is 1. The van der Waals surface area contributed by atoms with E-state index in [1.54, 1.807) is 25.3 Å². The number of fused-ring (bicyclic) bond motifs is 1. The van der Waals surface area contributed by atoms with Crippen LogP contribution in [0.2, 0.25) is 0 Å². The highest BCUT2D eigenvalue weighted by Gasteiger charge is 2.22. The zero-order valence-corrected chi connectivity index (χ0v) is 12.4. The molecule has 0 saturated carbocycles. The number of ether oxygens (including phenoxy) is 1. The van der Waals surface area contributed by atoms with Crippen molar-refractivity contribution in [1.29, 1.82) is 0 Å². The monoisotopic (exact) mass is 295 g/mol. The molecule has 0 fully saturated rings. The van der Waals surface area contributed by atoms with Gasteiger partial charge in [-0.3, -0.25) is 9.78 Å². The lowest BCUT2D eigenvalue weighted by molar-refractivity contribution is 0.0318. The topological polar surface area (TPSA) is 56.3 Å². The summed E-state index contributed by atoms with van der Waals surface area (Å²) in [5.74, 6) is -0.706. The minimum Gasteiger partial charge on any atom is -0.451 e. The Labute approximate surface area is 129 Å². The summed E-state index contributed by atoms with van der Waals surface area (Å²) >= 11 is 0. The molecule has 1 aromatic carbocycles. The highest BCUT2D eigenvalue weighted by atomic mass is 16.5. The number of carbonyl (C=O) groups is 2. The van der Waals surface area contributed by atoms with Crippen LogP contribution in [0.3, 0.4) is 0 Å². The van der Waals surface area contributed by atoms with Crippen molar-refractivity contribution in [3.63, 3.8) is 0 Å². The third-order valence-electron chi connectivity index (χ3n) is 3.93. The molecule has 0 saturated heterocycles. The molecule has 4 heteroatoms. The molecule has 4 nitrogen and oxygen atoms in total. The summed E-state index contributed by atoms with van der Waals surface area (Å²) in [5, 5.41) is 0. The maximum atomic E-state index is 12.4.